The van der Waals surface area contributed by atoms with Gasteiger partial charge in [-0.2, -0.15) is 0 Å². The van der Waals surface area contributed by atoms with E-state index >= 15 is 0 Å². The molecule has 9 heteroatoms. The van der Waals surface area contributed by atoms with Crippen molar-refractivity contribution in [3.05, 3.63) is 63.9 Å². The molecule has 0 bridgehead atoms. The fraction of sp³-hybridized carbons (Fsp3) is 0.407. The molecule has 36 heavy (non-hydrogen) atoms. The number of aryl methyl sites for hydroxylation is 2. The lowest BCUT2D eigenvalue weighted by Crippen LogP contribution is -2.46. The van der Waals surface area contributed by atoms with Crippen molar-refractivity contribution in [2.24, 2.45) is 17.8 Å². The van der Waals surface area contributed by atoms with E-state index < -0.39 is 0 Å². The molecule has 1 aromatic carbocycles. The minimum Gasteiger partial charge on any atom is -0.349 e. The van der Waals surface area contributed by atoms with E-state index in [2.05, 4.69) is 30.2 Å². The van der Waals surface area contributed by atoms with Gasteiger partial charge in [0.25, 0.3) is 11.8 Å². The Labute approximate surface area is 218 Å². The quantitative estimate of drug-likeness (QED) is 0.400. The molecule has 7 nitrogen and oxygen atoms in total. The molecule has 1 saturated carbocycles. The minimum atomic E-state index is -0.143. The number of carbonyl (C=O) groups excluding carboxylic acids is 2. The zero-order chi connectivity index (χ0) is 25.0. The molecule has 1 aliphatic carbocycles. The predicted molar refractivity (Wildman–Crippen MR) is 143 cm³/mol. The summed E-state index contributed by atoms with van der Waals surface area (Å²) in [6, 6.07) is 8.08. The number of imidazole rings is 1. The topological polar surface area (TPSA) is 79.6 Å². The van der Waals surface area contributed by atoms with Crippen molar-refractivity contribution in [3.8, 4) is 10.6 Å². The molecule has 186 valence electrons. The van der Waals surface area contributed by atoms with Crippen molar-refractivity contribution in [1.29, 1.82) is 0 Å². The van der Waals surface area contributed by atoms with Gasteiger partial charge in [-0.15, -0.1) is 22.7 Å². The Morgan fingerprint density at radius 3 is 2.81 bits per heavy atom. The average molecular weight is 520 g/mol. The van der Waals surface area contributed by atoms with Gasteiger partial charge in [0, 0.05) is 35.6 Å². The number of likely N-dealkylation sites (tertiary alicyclic amines) is 1. The van der Waals surface area contributed by atoms with E-state index in [9.17, 15) is 9.59 Å². The zero-order valence-electron chi connectivity index (χ0n) is 20.6. The average Bonchev–Trinajstić information content (AvgIpc) is 3.65. The molecule has 2 fully saturated rings. The zero-order valence-corrected chi connectivity index (χ0v) is 22.2. The number of thiazole rings is 2. The van der Waals surface area contributed by atoms with Crippen LogP contribution in [0.25, 0.3) is 15.5 Å². The van der Waals surface area contributed by atoms with Gasteiger partial charge in [-0.25, -0.2) is 9.97 Å². The van der Waals surface area contributed by atoms with Gasteiger partial charge >= 0.3 is 0 Å². The largest absolute Gasteiger partial charge is 0.349 e. The molecule has 6 rings (SSSR count). The fourth-order valence-electron chi connectivity index (χ4n) is 6.14. The molecule has 1 N–H and O–H groups in total. The molecule has 2 amide bonds. The van der Waals surface area contributed by atoms with E-state index in [4.69, 9.17) is 4.98 Å². The van der Waals surface area contributed by atoms with E-state index in [1.807, 2.05) is 51.4 Å². The Hall–Kier alpha value is -3.04. The molecule has 0 radical (unpaired) electrons. The van der Waals surface area contributed by atoms with Gasteiger partial charge in [0.2, 0.25) is 0 Å². The maximum atomic E-state index is 13.7. The molecular weight excluding hydrogens is 490 g/mol. The molecule has 4 atom stereocenters. The summed E-state index contributed by atoms with van der Waals surface area (Å²) in [5.41, 5.74) is 3.99. The number of rotatable bonds is 5. The molecule has 1 aliphatic heterocycles. The molecule has 1 saturated heterocycles. The van der Waals surface area contributed by atoms with Gasteiger partial charge < -0.3 is 10.2 Å². The van der Waals surface area contributed by atoms with E-state index in [1.165, 1.54) is 22.7 Å². The number of nitrogens with one attached hydrogen (secondary N) is 1. The number of amides is 2. The van der Waals surface area contributed by atoms with Crippen LogP contribution in [-0.4, -0.2) is 50.2 Å². The summed E-state index contributed by atoms with van der Waals surface area (Å²) < 4.78 is 1.84. The van der Waals surface area contributed by atoms with Gasteiger partial charge in [0.1, 0.15) is 16.4 Å². The van der Waals surface area contributed by atoms with E-state index in [1.54, 1.807) is 0 Å². The first kappa shape index (κ1) is 23.4. The van der Waals surface area contributed by atoms with Crippen LogP contribution in [-0.2, 0) is 0 Å². The molecule has 2 aliphatic rings. The minimum absolute atomic E-state index is 0.0341. The van der Waals surface area contributed by atoms with Crippen molar-refractivity contribution in [3.63, 3.8) is 0 Å². The Morgan fingerprint density at radius 1 is 1.14 bits per heavy atom. The van der Waals surface area contributed by atoms with E-state index in [0.29, 0.717) is 35.7 Å². The summed E-state index contributed by atoms with van der Waals surface area (Å²) in [6.07, 6.45) is 4.09. The van der Waals surface area contributed by atoms with Crippen LogP contribution in [0.5, 0.6) is 0 Å². The fourth-order valence-corrected chi connectivity index (χ4v) is 7.79. The van der Waals surface area contributed by atoms with Gasteiger partial charge in [0.15, 0.2) is 4.96 Å². The molecule has 4 heterocycles. The number of aromatic nitrogens is 3. The third-order valence-corrected chi connectivity index (χ3v) is 9.43. The summed E-state index contributed by atoms with van der Waals surface area (Å²) in [7, 11) is 0. The summed E-state index contributed by atoms with van der Waals surface area (Å²) >= 11 is 3.02. The van der Waals surface area contributed by atoms with Crippen molar-refractivity contribution < 1.29 is 9.59 Å². The number of nitrogens with zero attached hydrogens (tertiary/aromatic N) is 4. The first-order valence-corrected chi connectivity index (χ1v) is 14.2. The highest BCUT2D eigenvalue weighted by atomic mass is 32.1. The predicted octanol–water partition coefficient (Wildman–Crippen LogP) is 5.05. The molecule has 0 spiro atoms. The lowest BCUT2D eigenvalue weighted by molar-refractivity contribution is 0.0691. The Bertz CT molecular complexity index is 1450. The third kappa shape index (κ3) is 3.94. The summed E-state index contributed by atoms with van der Waals surface area (Å²) in [6.45, 7) is 7.38. The van der Waals surface area contributed by atoms with Crippen LogP contribution in [0.15, 0.2) is 41.2 Å². The second-order valence-electron chi connectivity index (χ2n) is 10.2. The number of benzene rings is 1. The van der Waals surface area contributed by atoms with Crippen LogP contribution in [0.1, 0.15) is 52.0 Å². The lowest BCUT2D eigenvalue weighted by Gasteiger charge is -2.28. The van der Waals surface area contributed by atoms with Crippen molar-refractivity contribution in [2.75, 3.05) is 13.1 Å². The maximum absolute atomic E-state index is 13.7. The van der Waals surface area contributed by atoms with Gasteiger partial charge in [-0.3, -0.25) is 14.0 Å². The standard InChI is InChI=1S/C27H29N5O2S2/c1-15-10-18-13-32(26(34)21-14-36-25(30-21)19-7-5-4-6-16(19)2)22(20(18)11-15)12-28-24(33)23-17(3)29-27-31(23)8-9-35-27/h4-9,14-15,18,20,22H,10-13H2,1-3H3,(H,28,33)/t15?,18-,20-,22+/m0/s1. The summed E-state index contributed by atoms with van der Waals surface area (Å²) in [4.78, 5) is 38.9. The molecular formula is C27H29N5O2S2. The highest BCUT2D eigenvalue weighted by molar-refractivity contribution is 7.15. The Morgan fingerprint density at radius 2 is 1.97 bits per heavy atom. The maximum Gasteiger partial charge on any atom is 0.273 e. The van der Waals surface area contributed by atoms with E-state index in [-0.39, 0.29) is 17.9 Å². The first-order chi connectivity index (χ1) is 17.4. The van der Waals surface area contributed by atoms with Crippen LogP contribution < -0.4 is 5.32 Å². The number of hydrogen-bond acceptors (Lipinski definition) is 6. The lowest BCUT2D eigenvalue weighted by atomic mass is 9.93. The Kier molecular flexibility index (Phi) is 5.92. The second kappa shape index (κ2) is 9.12. The van der Waals surface area contributed by atoms with Crippen molar-refractivity contribution >= 4 is 39.4 Å². The smallest absolute Gasteiger partial charge is 0.273 e. The van der Waals surface area contributed by atoms with Crippen LogP contribution in [0.4, 0.5) is 0 Å². The third-order valence-electron chi connectivity index (χ3n) is 7.79. The first-order valence-electron chi connectivity index (χ1n) is 12.4. The second-order valence-corrected chi connectivity index (χ2v) is 11.9. The SMILES string of the molecule is Cc1ccccc1-c1nc(C(=O)N2C[C@@H]3CC(C)C[C@@H]3[C@H]2CNC(=O)c2c(C)nc3sccn23)cs1. The molecule has 3 aromatic heterocycles. The number of fused-ring (bicyclic) bond motifs is 2. The summed E-state index contributed by atoms with van der Waals surface area (Å²) in [5.74, 6) is 1.33. The number of carbonyl (C=O) groups is 2. The van der Waals surface area contributed by atoms with Crippen LogP contribution in [0.3, 0.4) is 0 Å². The number of hydrogen-bond donors (Lipinski definition) is 1. The van der Waals surface area contributed by atoms with Crippen LogP contribution in [0, 0.1) is 31.6 Å². The molecule has 1 unspecified atom stereocenters. The highest BCUT2D eigenvalue weighted by Gasteiger charge is 2.48. The summed E-state index contributed by atoms with van der Waals surface area (Å²) in [5, 5.41) is 7.82. The van der Waals surface area contributed by atoms with Crippen molar-refractivity contribution in [1.82, 2.24) is 24.6 Å². The van der Waals surface area contributed by atoms with Crippen molar-refractivity contribution in [2.45, 2.75) is 39.7 Å². The monoisotopic (exact) mass is 519 g/mol. The van der Waals surface area contributed by atoms with Gasteiger partial charge in [-0.1, -0.05) is 31.2 Å². The Balaban J connectivity index is 1.23. The van der Waals surface area contributed by atoms with Gasteiger partial charge in [0.05, 0.1) is 11.7 Å². The van der Waals surface area contributed by atoms with Crippen LogP contribution >= 0.6 is 22.7 Å². The highest BCUT2D eigenvalue weighted by Crippen LogP contribution is 2.45. The van der Waals surface area contributed by atoms with E-state index in [0.717, 1.165) is 46.2 Å². The van der Waals surface area contributed by atoms with Crippen LogP contribution in [0.2, 0.25) is 0 Å². The normalized spacial score (nSPS) is 23.4. The molecule has 4 aromatic rings. The van der Waals surface area contributed by atoms with Gasteiger partial charge in [-0.05, 0) is 50.0 Å².